The molecule has 2 fully saturated rings. The van der Waals surface area contributed by atoms with Crippen molar-refractivity contribution in [2.75, 3.05) is 17.7 Å². The second-order valence-electron chi connectivity index (χ2n) is 10.6. The van der Waals surface area contributed by atoms with Crippen molar-refractivity contribution in [3.8, 4) is 0 Å². The number of aromatic nitrogens is 4. The molecule has 4 aromatic rings. The number of rotatable bonds is 5. The first-order chi connectivity index (χ1) is 17.5. The zero-order valence-electron chi connectivity index (χ0n) is 20.1. The van der Waals surface area contributed by atoms with Crippen LogP contribution < -0.4 is 11.2 Å². The Bertz CT molecular complexity index is 1450. The summed E-state index contributed by atoms with van der Waals surface area (Å²) in [6.07, 6.45) is 7.53. The van der Waals surface area contributed by atoms with E-state index < -0.39 is 12.2 Å². The van der Waals surface area contributed by atoms with Crippen molar-refractivity contribution >= 4 is 33.6 Å². The number of hydrazine groups is 1. The summed E-state index contributed by atoms with van der Waals surface area (Å²) in [5.74, 6) is 1.39. The second-order valence-corrected chi connectivity index (χ2v) is 10.6. The molecule has 0 unspecified atom stereocenters. The Morgan fingerprint density at radius 1 is 1.08 bits per heavy atom. The molecule has 0 bridgehead atoms. The number of aryl methyl sites for hydroxylation is 1. The molecule has 5 N–H and O–H groups in total. The third-order valence-electron chi connectivity index (χ3n) is 8.29. The Kier molecular flexibility index (Phi) is 5.13. The van der Waals surface area contributed by atoms with E-state index >= 15 is 0 Å². The molecule has 2 aliphatic carbocycles. The van der Waals surface area contributed by atoms with Gasteiger partial charge < -0.3 is 25.9 Å². The molecule has 9 nitrogen and oxygen atoms in total. The maximum absolute atomic E-state index is 10.9. The van der Waals surface area contributed by atoms with Crippen molar-refractivity contribution in [2.24, 2.45) is 5.92 Å². The molecule has 36 heavy (non-hydrogen) atoms. The van der Waals surface area contributed by atoms with Gasteiger partial charge in [-0.05, 0) is 73.8 Å². The predicted octanol–water partition coefficient (Wildman–Crippen LogP) is 2.82. The first-order valence-electron chi connectivity index (χ1n) is 12.9. The smallest absolute Gasteiger partial charge is 0.145 e. The lowest BCUT2D eigenvalue weighted by Gasteiger charge is -2.29. The number of benzene rings is 1. The highest BCUT2D eigenvalue weighted by atomic mass is 16.3. The van der Waals surface area contributed by atoms with Gasteiger partial charge in [0.05, 0.1) is 23.0 Å². The van der Waals surface area contributed by atoms with Gasteiger partial charge in [0.25, 0.3) is 0 Å². The van der Waals surface area contributed by atoms with Gasteiger partial charge in [-0.3, -0.25) is 0 Å². The van der Waals surface area contributed by atoms with Crippen molar-refractivity contribution in [3.63, 3.8) is 0 Å². The predicted molar refractivity (Wildman–Crippen MR) is 138 cm³/mol. The van der Waals surface area contributed by atoms with Crippen molar-refractivity contribution in [1.82, 2.24) is 24.5 Å². The minimum absolute atomic E-state index is 0.0115. The molecule has 0 spiro atoms. The molecular weight excluding hydrogens is 454 g/mol. The molecule has 7 rings (SSSR count). The Labute approximate surface area is 208 Å². The Morgan fingerprint density at radius 3 is 2.83 bits per heavy atom. The summed E-state index contributed by atoms with van der Waals surface area (Å²) in [6, 6.07) is 11.0. The van der Waals surface area contributed by atoms with Gasteiger partial charge in [-0.15, -0.1) is 0 Å². The molecular formula is C27H31N7O2. The normalized spacial score (nSPS) is 26.4. The minimum atomic E-state index is -0.855. The summed E-state index contributed by atoms with van der Waals surface area (Å²) >= 11 is 0. The summed E-state index contributed by atoms with van der Waals surface area (Å²) in [7, 11) is 0. The second kappa shape index (κ2) is 8.40. The molecule has 4 heterocycles. The van der Waals surface area contributed by atoms with Gasteiger partial charge in [0.2, 0.25) is 0 Å². The van der Waals surface area contributed by atoms with Crippen molar-refractivity contribution < 1.29 is 10.2 Å². The van der Waals surface area contributed by atoms with Gasteiger partial charge in [-0.1, -0.05) is 12.1 Å². The molecule has 186 valence electrons. The number of hydrogen-bond acceptors (Lipinski definition) is 8. The topological polar surface area (TPSA) is 125 Å². The number of nitrogens with one attached hydrogen (secondary N) is 1. The number of pyridine rings is 1. The van der Waals surface area contributed by atoms with Crippen molar-refractivity contribution in [2.45, 2.75) is 62.8 Å². The average Bonchev–Trinajstić information content (AvgIpc) is 3.59. The van der Waals surface area contributed by atoms with Crippen LogP contribution in [0.5, 0.6) is 0 Å². The zero-order valence-corrected chi connectivity index (χ0v) is 20.1. The first kappa shape index (κ1) is 22.0. The maximum atomic E-state index is 10.9. The molecule has 3 aliphatic rings. The van der Waals surface area contributed by atoms with E-state index in [-0.39, 0.29) is 12.0 Å². The van der Waals surface area contributed by atoms with Crippen LogP contribution in [0, 0.1) is 5.92 Å². The third-order valence-corrected chi connectivity index (χ3v) is 8.29. The minimum Gasteiger partial charge on any atom is -0.390 e. The van der Waals surface area contributed by atoms with Crippen LogP contribution in [-0.4, -0.2) is 59.5 Å². The molecule has 4 atom stereocenters. The molecule has 3 aromatic heterocycles. The number of hydrogen-bond donors (Lipinski definition) is 4. The highest BCUT2D eigenvalue weighted by Crippen LogP contribution is 2.40. The molecule has 0 saturated heterocycles. The molecule has 1 aromatic carbocycles. The van der Waals surface area contributed by atoms with Gasteiger partial charge in [0.15, 0.2) is 0 Å². The Hall–Kier alpha value is -3.27. The maximum Gasteiger partial charge on any atom is 0.145 e. The molecule has 0 radical (unpaired) electrons. The van der Waals surface area contributed by atoms with Crippen molar-refractivity contribution in [3.05, 3.63) is 54.0 Å². The number of nitrogen functional groups attached to an aromatic ring is 1. The van der Waals surface area contributed by atoms with Crippen LogP contribution in [0.25, 0.3) is 21.9 Å². The summed E-state index contributed by atoms with van der Waals surface area (Å²) in [6.45, 7) is 1.04. The van der Waals surface area contributed by atoms with Gasteiger partial charge in [0.1, 0.15) is 29.7 Å². The summed E-state index contributed by atoms with van der Waals surface area (Å²) in [5.41, 5.74) is 13.7. The number of nitrogens with zero attached hydrogens (tertiary/aromatic N) is 5. The lowest BCUT2D eigenvalue weighted by Crippen LogP contribution is -2.38. The molecule has 9 heteroatoms. The van der Waals surface area contributed by atoms with Crippen LogP contribution in [0.2, 0.25) is 0 Å². The van der Waals surface area contributed by atoms with Gasteiger partial charge in [-0.2, -0.15) is 0 Å². The van der Waals surface area contributed by atoms with E-state index in [0.717, 1.165) is 47.9 Å². The lowest BCUT2D eigenvalue weighted by molar-refractivity contribution is 0.00545. The first-order valence-corrected chi connectivity index (χ1v) is 12.9. The highest BCUT2D eigenvalue weighted by Gasteiger charge is 2.42. The van der Waals surface area contributed by atoms with Gasteiger partial charge in [-0.25, -0.2) is 20.0 Å². The van der Waals surface area contributed by atoms with Crippen LogP contribution >= 0.6 is 0 Å². The van der Waals surface area contributed by atoms with Crippen molar-refractivity contribution in [1.29, 1.82) is 0 Å². The van der Waals surface area contributed by atoms with E-state index in [2.05, 4.69) is 44.7 Å². The average molecular weight is 486 g/mol. The Balaban J connectivity index is 1.08. The zero-order chi connectivity index (χ0) is 24.4. The number of aliphatic hydroxyl groups excluding tert-OH is 2. The number of nitrogens with two attached hydrogens (primary N) is 1. The van der Waals surface area contributed by atoms with Crippen LogP contribution in [0.15, 0.2) is 42.9 Å². The quantitative estimate of drug-likeness (QED) is 0.340. The fourth-order valence-corrected chi connectivity index (χ4v) is 6.06. The van der Waals surface area contributed by atoms with Gasteiger partial charge in [0, 0.05) is 24.2 Å². The van der Waals surface area contributed by atoms with E-state index in [1.165, 1.54) is 30.3 Å². The molecule has 2 saturated carbocycles. The van der Waals surface area contributed by atoms with Crippen LogP contribution in [-0.2, 0) is 12.8 Å². The van der Waals surface area contributed by atoms with Crippen LogP contribution in [0.4, 0.5) is 11.6 Å². The Morgan fingerprint density at radius 2 is 1.97 bits per heavy atom. The standard InChI is InChI=1S/C27H31N7O2/c28-25-20-8-9-33(27(20)30-14-29-25)22-13-17(23(35)24(22)36)4-2-15-1-3-16-12-18-7-10-34(19-5-6-19)32-26(18)31-21(16)11-15/h1,3,8-9,11-12,14,17,19,22-24,35-36H,2,4-7,10,13H2,(H,31,32)(H2,28,29,30)/t17-,22+,23+,24-/m0/s1. The monoisotopic (exact) mass is 485 g/mol. The summed E-state index contributed by atoms with van der Waals surface area (Å²) < 4.78 is 1.93. The highest BCUT2D eigenvalue weighted by molar-refractivity contribution is 5.86. The largest absolute Gasteiger partial charge is 0.390 e. The SMILES string of the molecule is Nc1ncnc2c1ccn2[C@@H]1C[C@H](CCc2ccc3cc4c(nc3c2)NN(C2CC2)CC4)[C@@H](O)[C@H]1O. The molecule has 1 aliphatic heterocycles. The van der Waals surface area contributed by atoms with E-state index in [1.54, 1.807) is 0 Å². The summed E-state index contributed by atoms with van der Waals surface area (Å²) in [4.78, 5) is 13.4. The van der Waals surface area contributed by atoms with Crippen LogP contribution in [0.1, 0.15) is 42.9 Å². The van der Waals surface area contributed by atoms with E-state index in [0.29, 0.717) is 23.9 Å². The number of aliphatic hydroxyl groups is 2. The number of anilines is 2. The van der Waals surface area contributed by atoms with E-state index in [4.69, 9.17) is 10.7 Å². The number of fused-ring (bicyclic) bond motifs is 3. The summed E-state index contributed by atoms with van der Waals surface area (Å²) in [5, 5.41) is 26.0. The fourth-order valence-electron chi connectivity index (χ4n) is 6.06. The third kappa shape index (κ3) is 3.70. The lowest BCUT2D eigenvalue weighted by atomic mass is 9.95. The fraction of sp³-hybridized carbons (Fsp3) is 0.444. The van der Waals surface area contributed by atoms with E-state index in [1.807, 2.05) is 16.8 Å². The molecule has 0 amide bonds. The van der Waals surface area contributed by atoms with E-state index in [9.17, 15) is 10.2 Å². The van der Waals surface area contributed by atoms with Gasteiger partial charge >= 0.3 is 0 Å². The van der Waals surface area contributed by atoms with Crippen LogP contribution in [0.3, 0.4) is 0 Å².